The molecule has 30 heavy (non-hydrogen) atoms. The monoisotopic (exact) mass is 416 g/mol. The Morgan fingerprint density at radius 1 is 1.07 bits per heavy atom. The number of aliphatic imine (C=N–C) groups is 1. The summed E-state index contributed by atoms with van der Waals surface area (Å²) in [5.74, 6) is 0.929. The number of likely N-dealkylation sites (tertiary alicyclic amines) is 1. The van der Waals surface area contributed by atoms with Crippen LogP contribution >= 0.6 is 0 Å². The van der Waals surface area contributed by atoms with Crippen molar-refractivity contribution < 1.29 is 9.47 Å². The van der Waals surface area contributed by atoms with Gasteiger partial charge < -0.3 is 25.0 Å². The van der Waals surface area contributed by atoms with Gasteiger partial charge >= 0.3 is 0 Å². The summed E-state index contributed by atoms with van der Waals surface area (Å²) < 4.78 is 11.4. The molecule has 0 radical (unpaired) electrons. The van der Waals surface area contributed by atoms with Crippen molar-refractivity contribution in [2.45, 2.75) is 71.2 Å². The van der Waals surface area contributed by atoms with E-state index in [1.165, 1.54) is 50.0 Å². The average Bonchev–Trinajstić information content (AvgIpc) is 2.79. The Labute approximate surface area is 182 Å². The minimum atomic E-state index is 0.339. The summed E-state index contributed by atoms with van der Waals surface area (Å²) in [6.07, 6.45) is 5.96. The second-order valence-corrected chi connectivity index (χ2v) is 8.39. The summed E-state index contributed by atoms with van der Waals surface area (Å²) in [5.41, 5.74) is 2.44. The van der Waals surface area contributed by atoms with E-state index in [1.54, 1.807) is 0 Å². The molecule has 0 amide bonds. The number of hydrogen-bond acceptors (Lipinski definition) is 4. The summed E-state index contributed by atoms with van der Waals surface area (Å²) in [4.78, 5) is 7.38. The largest absolute Gasteiger partial charge is 0.381 e. The fourth-order valence-electron chi connectivity index (χ4n) is 4.10. The third kappa shape index (κ3) is 7.89. The summed E-state index contributed by atoms with van der Waals surface area (Å²) in [6.45, 7) is 11.8. The second-order valence-electron chi connectivity index (χ2n) is 8.39. The van der Waals surface area contributed by atoms with Crippen molar-refractivity contribution in [3.8, 4) is 0 Å². The van der Waals surface area contributed by atoms with Crippen LogP contribution in [0.1, 0.15) is 57.1 Å². The van der Waals surface area contributed by atoms with Crippen LogP contribution in [-0.4, -0.2) is 62.4 Å². The Bertz CT molecular complexity index is 621. The fraction of sp³-hybridized carbons (Fsp3) is 0.708. The third-order valence-electron chi connectivity index (χ3n) is 5.91. The molecule has 1 aromatic rings. The van der Waals surface area contributed by atoms with Crippen molar-refractivity contribution in [2.24, 2.45) is 4.99 Å². The number of guanidine groups is 1. The maximum atomic E-state index is 6.02. The Balaban J connectivity index is 1.44. The van der Waals surface area contributed by atoms with Crippen molar-refractivity contribution in [1.29, 1.82) is 0 Å². The Hall–Kier alpha value is -1.63. The van der Waals surface area contributed by atoms with Crippen LogP contribution in [0, 0.1) is 0 Å². The van der Waals surface area contributed by atoms with E-state index in [2.05, 4.69) is 53.6 Å². The number of hydrogen-bond donors (Lipinski definition) is 2. The Morgan fingerprint density at radius 2 is 1.77 bits per heavy atom. The molecule has 2 fully saturated rings. The van der Waals surface area contributed by atoms with Gasteiger partial charge in [0.05, 0.1) is 19.3 Å². The smallest absolute Gasteiger partial charge is 0.191 e. The minimum Gasteiger partial charge on any atom is -0.381 e. The lowest BCUT2D eigenvalue weighted by Crippen LogP contribution is -2.48. The van der Waals surface area contributed by atoms with Gasteiger partial charge in [-0.25, -0.2) is 4.99 Å². The lowest BCUT2D eigenvalue weighted by molar-refractivity contribution is -0.0390. The van der Waals surface area contributed by atoms with E-state index < -0.39 is 0 Å². The van der Waals surface area contributed by atoms with Gasteiger partial charge in [-0.15, -0.1) is 0 Å². The van der Waals surface area contributed by atoms with Gasteiger partial charge in [-0.2, -0.15) is 0 Å². The van der Waals surface area contributed by atoms with Crippen LogP contribution in [0.3, 0.4) is 0 Å². The van der Waals surface area contributed by atoms with Gasteiger partial charge in [0, 0.05) is 38.9 Å². The summed E-state index contributed by atoms with van der Waals surface area (Å²) in [5, 5.41) is 7.04. The Kier molecular flexibility index (Phi) is 9.93. The first-order chi connectivity index (χ1) is 14.8. The first-order valence-corrected chi connectivity index (χ1v) is 11.8. The van der Waals surface area contributed by atoms with Crippen molar-refractivity contribution in [2.75, 3.05) is 39.4 Å². The summed E-state index contributed by atoms with van der Waals surface area (Å²) in [6, 6.07) is 9.17. The third-order valence-corrected chi connectivity index (χ3v) is 5.91. The zero-order chi connectivity index (χ0) is 21.0. The molecule has 0 atom stereocenters. The zero-order valence-electron chi connectivity index (χ0n) is 18.9. The van der Waals surface area contributed by atoms with Gasteiger partial charge in [-0.3, -0.25) is 0 Å². The molecule has 1 aromatic carbocycles. The molecule has 2 aliphatic heterocycles. The van der Waals surface area contributed by atoms with Crippen LogP contribution < -0.4 is 10.6 Å². The predicted octanol–water partition coefficient (Wildman–Crippen LogP) is 3.31. The van der Waals surface area contributed by atoms with Crippen LogP contribution in [0.15, 0.2) is 29.3 Å². The molecule has 0 spiro atoms. The number of ether oxygens (including phenoxy) is 2. The van der Waals surface area contributed by atoms with Gasteiger partial charge in [0.25, 0.3) is 0 Å². The molecule has 2 aliphatic rings. The fourth-order valence-corrected chi connectivity index (χ4v) is 4.10. The van der Waals surface area contributed by atoms with E-state index in [4.69, 9.17) is 14.5 Å². The molecule has 3 rings (SSSR count). The molecular weight excluding hydrogens is 376 g/mol. The maximum Gasteiger partial charge on any atom is 0.191 e. The summed E-state index contributed by atoms with van der Waals surface area (Å²) >= 11 is 0. The van der Waals surface area contributed by atoms with Crippen molar-refractivity contribution >= 4 is 5.96 Å². The topological polar surface area (TPSA) is 58.1 Å². The SMILES string of the molecule is CCCN1CCC(NC(=NCc2ccc(COC3CCOCC3)cc2)NCC)CC1. The highest BCUT2D eigenvalue weighted by atomic mass is 16.5. The van der Waals surface area contributed by atoms with E-state index >= 15 is 0 Å². The van der Waals surface area contributed by atoms with Gasteiger partial charge in [0.1, 0.15) is 0 Å². The highest BCUT2D eigenvalue weighted by Gasteiger charge is 2.19. The molecule has 0 unspecified atom stereocenters. The molecule has 0 aliphatic carbocycles. The number of rotatable bonds is 9. The van der Waals surface area contributed by atoms with Crippen LogP contribution in [0.2, 0.25) is 0 Å². The van der Waals surface area contributed by atoms with E-state index in [0.29, 0.717) is 25.3 Å². The molecule has 168 valence electrons. The molecule has 0 bridgehead atoms. The van der Waals surface area contributed by atoms with Crippen molar-refractivity contribution in [3.63, 3.8) is 0 Å². The molecule has 2 N–H and O–H groups in total. The molecular formula is C24H40N4O2. The van der Waals surface area contributed by atoms with Gasteiger partial charge in [-0.05, 0) is 56.7 Å². The first kappa shape index (κ1) is 23.0. The van der Waals surface area contributed by atoms with Gasteiger partial charge in [0.2, 0.25) is 0 Å². The quantitative estimate of drug-likeness (QED) is 0.478. The maximum absolute atomic E-state index is 6.02. The molecule has 2 saturated heterocycles. The van der Waals surface area contributed by atoms with Crippen molar-refractivity contribution in [3.05, 3.63) is 35.4 Å². The zero-order valence-corrected chi connectivity index (χ0v) is 18.9. The molecule has 0 aromatic heterocycles. The van der Waals surface area contributed by atoms with E-state index in [1.807, 2.05) is 0 Å². The molecule has 6 heteroatoms. The van der Waals surface area contributed by atoms with Gasteiger partial charge in [0.15, 0.2) is 5.96 Å². The van der Waals surface area contributed by atoms with Crippen LogP contribution in [0.4, 0.5) is 0 Å². The summed E-state index contributed by atoms with van der Waals surface area (Å²) in [7, 11) is 0. The highest BCUT2D eigenvalue weighted by Crippen LogP contribution is 2.14. The van der Waals surface area contributed by atoms with Crippen LogP contribution in [-0.2, 0) is 22.6 Å². The number of benzene rings is 1. The van der Waals surface area contributed by atoms with Crippen molar-refractivity contribution in [1.82, 2.24) is 15.5 Å². The van der Waals surface area contributed by atoms with Crippen LogP contribution in [0.25, 0.3) is 0 Å². The molecule has 6 nitrogen and oxygen atoms in total. The second kappa shape index (κ2) is 12.9. The number of piperidine rings is 1. The van der Waals surface area contributed by atoms with E-state index in [9.17, 15) is 0 Å². The number of nitrogens with one attached hydrogen (secondary N) is 2. The first-order valence-electron chi connectivity index (χ1n) is 11.8. The molecule has 0 saturated carbocycles. The minimum absolute atomic E-state index is 0.339. The highest BCUT2D eigenvalue weighted by molar-refractivity contribution is 5.80. The molecule has 2 heterocycles. The average molecular weight is 417 g/mol. The lowest BCUT2D eigenvalue weighted by Gasteiger charge is -2.32. The van der Waals surface area contributed by atoms with Gasteiger partial charge in [-0.1, -0.05) is 31.2 Å². The lowest BCUT2D eigenvalue weighted by atomic mass is 10.1. The standard InChI is InChI=1S/C24H40N4O2/c1-3-13-28-14-9-22(10-15-28)27-24(25-4-2)26-18-20-5-7-21(8-6-20)19-30-23-11-16-29-17-12-23/h5-8,22-23H,3-4,9-19H2,1-2H3,(H2,25,26,27). The predicted molar refractivity (Wildman–Crippen MR) is 123 cm³/mol. The van der Waals surface area contributed by atoms with E-state index in [-0.39, 0.29) is 0 Å². The van der Waals surface area contributed by atoms with E-state index in [0.717, 1.165) is 38.6 Å². The Morgan fingerprint density at radius 3 is 2.43 bits per heavy atom. The normalized spacial score (nSPS) is 19.7. The number of nitrogens with zero attached hydrogens (tertiary/aromatic N) is 2. The van der Waals surface area contributed by atoms with Crippen LogP contribution in [0.5, 0.6) is 0 Å².